The Labute approximate surface area is 281 Å². The Morgan fingerprint density at radius 3 is 2.36 bits per heavy atom. The van der Waals surface area contributed by atoms with Gasteiger partial charge in [-0.25, -0.2) is 8.42 Å². The lowest BCUT2D eigenvalue weighted by molar-refractivity contribution is -0.152. The van der Waals surface area contributed by atoms with Crippen molar-refractivity contribution in [1.82, 2.24) is 19.6 Å². The van der Waals surface area contributed by atoms with Crippen molar-refractivity contribution in [1.29, 1.82) is 0 Å². The van der Waals surface area contributed by atoms with Crippen molar-refractivity contribution in [3.63, 3.8) is 0 Å². The molecule has 1 aliphatic carbocycles. The first-order valence-electron chi connectivity index (χ1n) is 17.6. The number of likely N-dealkylation sites (tertiary alicyclic amines) is 2. The predicted molar refractivity (Wildman–Crippen MR) is 186 cm³/mol. The van der Waals surface area contributed by atoms with E-state index in [1.54, 1.807) is 12.1 Å². The number of nitrogens with zero attached hydrogens (tertiary/aromatic N) is 4. The molecule has 6 rings (SSSR count). The zero-order valence-electron chi connectivity index (χ0n) is 28.4. The van der Waals surface area contributed by atoms with Gasteiger partial charge in [-0.2, -0.15) is 5.10 Å². The third-order valence-corrected chi connectivity index (χ3v) is 12.3. The molecule has 2 saturated heterocycles. The van der Waals surface area contributed by atoms with Gasteiger partial charge in [-0.1, -0.05) is 68.1 Å². The van der Waals surface area contributed by atoms with Crippen molar-refractivity contribution in [3.05, 3.63) is 82.7 Å². The van der Waals surface area contributed by atoms with Gasteiger partial charge in [-0.3, -0.25) is 9.48 Å². The van der Waals surface area contributed by atoms with Gasteiger partial charge < -0.3 is 14.9 Å². The first kappa shape index (κ1) is 33.9. The van der Waals surface area contributed by atoms with Crippen molar-refractivity contribution in [2.24, 2.45) is 11.3 Å². The average Bonchev–Trinajstić information content (AvgIpc) is 3.65. The van der Waals surface area contributed by atoms with E-state index in [9.17, 15) is 18.3 Å². The summed E-state index contributed by atoms with van der Waals surface area (Å²) in [7, 11) is -3.21. The highest BCUT2D eigenvalue weighted by Crippen LogP contribution is 2.41. The summed E-state index contributed by atoms with van der Waals surface area (Å²) < 4.78 is 25.7. The zero-order chi connectivity index (χ0) is 33.2. The number of carboxylic acid groups (broad SMARTS) is 1. The van der Waals surface area contributed by atoms with Gasteiger partial charge in [-0.05, 0) is 92.8 Å². The molecule has 0 radical (unpaired) electrons. The van der Waals surface area contributed by atoms with E-state index in [1.165, 1.54) is 22.9 Å². The molecule has 47 heavy (non-hydrogen) atoms. The molecule has 254 valence electrons. The Morgan fingerprint density at radius 1 is 1.00 bits per heavy atom. The van der Waals surface area contributed by atoms with Crippen molar-refractivity contribution in [3.8, 4) is 0 Å². The van der Waals surface area contributed by atoms with Gasteiger partial charge in [0, 0.05) is 44.5 Å². The lowest BCUT2D eigenvalue weighted by Gasteiger charge is -2.37. The van der Waals surface area contributed by atoms with Gasteiger partial charge in [0.05, 0.1) is 22.5 Å². The Kier molecular flexibility index (Phi) is 10.3. The fraction of sp³-hybridized carbons (Fsp3) is 0.579. The highest BCUT2D eigenvalue weighted by atomic mass is 32.2. The first-order chi connectivity index (χ1) is 22.5. The fourth-order valence-corrected chi connectivity index (χ4v) is 9.24. The molecule has 3 heterocycles. The quantitative estimate of drug-likeness (QED) is 0.264. The second-order valence-electron chi connectivity index (χ2n) is 14.7. The molecule has 8 nitrogen and oxygen atoms in total. The van der Waals surface area contributed by atoms with Crippen LogP contribution >= 0.6 is 0 Å². The van der Waals surface area contributed by atoms with E-state index >= 15 is 0 Å². The second-order valence-corrected chi connectivity index (χ2v) is 16.7. The van der Waals surface area contributed by atoms with Crippen LogP contribution in [0.3, 0.4) is 0 Å². The molecule has 3 aliphatic rings. The number of benzene rings is 2. The molecule has 0 bridgehead atoms. The van der Waals surface area contributed by atoms with Gasteiger partial charge in [0.15, 0.2) is 9.84 Å². The Hall–Kier alpha value is -3.01. The maximum absolute atomic E-state index is 12.5. The van der Waals surface area contributed by atoms with Crippen molar-refractivity contribution < 1.29 is 18.3 Å². The summed E-state index contributed by atoms with van der Waals surface area (Å²) in [6.45, 7) is 10.7. The predicted octanol–water partition coefficient (Wildman–Crippen LogP) is 6.14. The maximum atomic E-state index is 12.5. The molecule has 1 saturated carbocycles. The van der Waals surface area contributed by atoms with Crippen molar-refractivity contribution >= 4 is 15.8 Å². The summed E-state index contributed by atoms with van der Waals surface area (Å²) in [5, 5.41) is 15.2. The van der Waals surface area contributed by atoms with E-state index in [4.69, 9.17) is 5.10 Å². The van der Waals surface area contributed by atoms with Crippen LogP contribution < -0.4 is 0 Å². The lowest BCUT2D eigenvalue weighted by atomic mass is 9.73. The summed E-state index contributed by atoms with van der Waals surface area (Å²) in [6, 6.07) is 16.1. The summed E-state index contributed by atoms with van der Waals surface area (Å²) in [5.74, 6) is 0.774. The molecular weight excluding hydrogens is 609 g/mol. The average molecular weight is 661 g/mol. The van der Waals surface area contributed by atoms with Crippen molar-refractivity contribution in [2.75, 3.05) is 45.5 Å². The van der Waals surface area contributed by atoms with Crippen LogP contribution in [0.5, 0.6) is 0 Å². The minimum Gasteiger partial charge on any atom is -0.481 e. The molecule has 2 aromatic carbocycles. The molecule has 1 aromatic heterocycles. The van der Waals surface area contributed by atoms with Crippen LogP contribution in [-0.2, 0) is 27.6 Å². The molecule has 3 aromatic rings. The largest absolute Gasteiger partial charge is 0.481 e. The van der Waals surface area contributed by atoms with Crippen LogP contribution in [0.4, 0.5) is 0 Å². The minimum absolute atomic E-state index is 0.340. The minimum atomic E-state index is -3.21. The van der Waals surface area contributed by atoms with Gasteiger partial charge in [-0.15, -0.1) is 0 Å². The number of rotatable bonds is 11. The molecule has 1 N–H and O–H groups in total. The number of piperidine rings is 1. The van der Waals surface area contributed by atoms with E-state index < -0.39 is 21.2 Å². The van der Waals surface area contributed by atoms with Gasteiger partial charge in [0.1, 0.15) is 0 Å². The van der Waals surface area contributed by atoms with Crippen LogP contribution in [0.1, 0.15) is 91.7 Å². The van der Waals surface area contributed by atoms with Crippen LogP contribution in [-0.4, -0.2) is 84.6 Å². The van der Waals surface area contributed by atoms with Gasteiger partial charge >= 0.3 is 5.97 Å². The Morgan fingerprint density at radius 2 is 1.72 bits per heavy atom. The molecular formula is C38H52N4O4S. The Balaban J connectivity index is 1.11. The summed E-state index contributed by atoms with van der Waals surface area (Å²) in [4.78, 5) is 18.0. The van der Waals surface area contributed by atoms with Gasteiger partial charge in [0.25, 0.3) is 0 Å². The molecule has 0 unspecified atom stereocenters. The molecule has 0 amide bonds. The highest BCUT2D eigenvalue weighted by molar-refractivity contribution is 7.90. The first-order valence-corrected chi connectivity index (χ1v) is 19.5. The van der Waals surface area contributed by atoms with Crippen LogP contribution in [0.2, 0.25) is 0 Å². The van der Waals surface area contributed by atoms with E-state index in [0.29, 0.717) is 35.7 Å². The highest BCUT2D eigenvalue weighted by Gasteiger charge is 2.44. The molecule has 9 heteroatoms. The zero-order valence-corrected chi connectivity index (χ0v) is 29.2. The Bertz CT molecular complexity index is 1640. The summed E-state index contributed by atoms with van der Waals surface area (Å²) >= 11 is 0. The van der Waals surface area contributed by atoms with Crippen LogP contribution in [0.15, 0.2) is 59.6 Å². The standard InChI is InChI=1S/C38H52N4O4S/c1-4-36-35(26-42(39-36)22-29-11-13-33(14-12-29)47(3,45)46)30-15-19-40(20-16-30)23-32-24-41(25-34(32)31-10-8-9-28(2)21-31)27-38(37(43)44)17-6-5-7-18-38/h8-14,21,26,30,32,34H,4-7,15-20,22-25,27H2,1-3H3,(H,43,44)/t32-,34+/m0/s1. The van der Waals surface area contributed by atoms with Crippen LogP contribution in [0.25, 0.3) is 0 Å². The topological polar surface area (TPSA) is 95.7 Å². The number of carboxylic acids is 1. The van der Waals surface area contributed by atoms with Crippen molar-refractivity contribution in [2.45, 2.75) is 88.5 Å². The number of carbonyl (C=O) groups is 1. The normalized spacial score (nSPS) is 22.9. The monoisotopic (exact) mass is 660 g/mol. The molecule has 3 fully saturated rings. The summed E-state index contributed by atoms with van der Waals surface area (Å²) in [6.07, 6.45) is 11.4. The van der Waals surface area contributed by atoms with Gasteiger partial charge in [0.2, 0.25) is 0 Å². The molecule has 0 spiro atoms. The van der Waals surface area contributed by atoms with E-state index in [0.717, 1.165) is 95.3 Å². The lowest BCUT2D eigenvalue weighted by Crippen LogP contribution is -2.44. The molecule has 2 atom stereocenters. The third kappa shape index (κ3) is 7.84. The number of hydrogen-bond donors (Lipinski definition) is 1. The smallest absolute Gasteiger partial charge is 0.310 e. The fourth-order valence-electron chi connectivity index (χ4n) is 8.61. The van der Waals surface area contributed by atoms with E-state index in [2.05, 4.69) is 54.1 Å². The third-order valence-electron chi connectivity index (χ3n) is 11.2. The SMILES string of the molecule is CCc1nn(Cc2ccc(S(C)(=O)=O)cc2)cc1C1CCN(C[C@H]2CN(CC3(C(=O)O)CCCCC3)C[C@@H]2c2cccc(C)c2)CC1. The number of aromatic nitrogens is 2. The maximum Gasteiger partial charge on any atom is 0.310 e. The number of sulfone groups is 1. The second kappa shape index (κ2) is 14.2. The van der Waals surface area contributed by atoms with E-state index in [1.807, 2.05) is 16.8 Å². The van der Waals surface area contributed by atoms with E-state index in [-0.39, 0.29) is 0 Å². The van der Waals surface area contributed by atoms with Crippen LogP contribution in [0, 0.1) is 18.3 Å². The number of aliphatic carboxylic acids is 1. The summed E-state index contributed by atoms with van der Waals surface area (Å²) in [5.41, 5.74) is 5.65. The molecule has 2 aliphatic heterocycles. The number of hydrogen-bond acceptors (Lipinski definition) is 6. The number of aryl methyl sites for hydroxylation is 2.